The summed E-state index contributed by atoms with van der Waals surface area (Å²) in [7, 11) is 1.62. The number of methoxy groups -OCH3 is 1. The number of nitrogens with two attached hydrogens (primary N) is 1. The van der Waals surface area contributed by atoms with E-state index in [1.807, 2.05) is 36.4 Å². The van der Waals surface area contributed by atoms with E-state index in [9.17, 15) is 4.79 Å². The van der Waals surface area contributed by atoms with Crippen LogP contribution in [-0.4, -0.2) is 32.8 Å². The standard InChI is InChI=1S/C19H18N6O2/c1-11-15(17(20)26)16(13-4-3-9-21-10-13)25-19(22-11)23-18(24-25)12-5-7-14(27-2)8-6-12/h3-10,16H,1-2H3,(H2,20,26)(H,22,23,24)/t16-/m1/s1. The highest BCUT2D eigenvalue weighted by Gasteiger charge is 2.33. The summed E-state index contributed by atoms with van der Waals surface area (Å²) in [5.41, 5.74) is 8.38. The van der Waals surface area contributed by atoms with Crippen LogP contribution >= 0.6 is 0 Å². The summed E-state index contributed by atoms with van der Waals surface area (Å²) in [6.45, 7) is 1.80. The zero-order valence-electron chi connectivity index (χ0n) is 14.9. The molecule has 0 bridgehead atoms. The summed E-state index contributed by atoms with van der Waals surface area (Å²) in [6, 6.07) is 10.7. The van der Waals surface area contributed by atoms with Gasteiger partial charge in [-0.25, -0.2) is 4.68 Å². The first-order chi connectivity index (χ1) is 13.1. The number of carbonyl (C=O) groups is 1. The fraction of sp³-hybridized carbons (Fsp3) is 0.158. The Morgan fingerprint density at radius 1 is 1.26 bits per heavy atom. The lowest BCUT2D eigenvalue weighted by Crippen LogP contribution is -2.31. The van der Waals surface area contributed by atoms with Crippen LogP contribution in [0.1, 0.15) is 18.5 Å². The van der Waals surface area contributed by atoms with Crippen molar-refractivity contribution in [2.45, 2.75) is 13.0 Å². The average molecular weight is 362 g/mol. The summed E-state index contributed by atoms with van der Waals surface area (Å²) in [6.07, 6.45) is 3.38. The molecule has 1 aliphatic heterocycles. The molecule has 0 radical (unpaired) electrons. The van der Waals surface area contributed by atoms with E-state index in [1.54, 1.807) is 31.1 Å². The van der Waals surface area contributed by atoms with E-state index >= 15 is 0 Å². The van der Waals surface area contributed by atoms with Gasteiger partial charge in [-0.05, 0) is 42.8 Å². The highest BCUT2D eigenvalue weighted by Crippen LogP contribution is 2.35. The molecule has 0 aliphatic carbocycles. The number of nitrogens with zero attached hydrogens (tertiary/aromatic N) is 4. The van der Waals surface area contributed by atoms with E-state index in [4.69, 9.17) is 10.5 Å². The molecule has 0 saturated carbocycles. The number of benzene rings is 1. The van der Waals surface area contributed by atoms with Crippen molar-refractivity contribution >= 4 is 11.9 Å². The van der Waals surface area contributed by atoms with Gasteiger partial charge in [0.25, 0.3) is 0 Å². The average Bonchev–Trinajstić information content (AvgIpc) is 3.11. The monoisotopic (exact) mass is 362 g/mol. The number of pyridine rings is 1. The van der Waals surface area contributed by atoms with Gasteiger partial charge in [0.1, 0.15) is 11.8 Å². The first kappa shape index (κ1) is 16.8. The maximum Gasteiger partial charge on any atom is 0.248 e. The van der Waals surface area contributed by atoms with Crippen molar-refractivity contribution in [2.75, 3.05) is 12.4 Å². The first-order valence-electron chi connectivity index (χ1n) is 8.37. The van der Waals surface area contributed by atoms with Crippen LogP contribution in [0.4, 0.5) is 5.95 Å². The molecule has 3 N–H and O–H groups in total. The zero-order valence-corrected chi connectivity index (χ0v) is 14.9. The molecular weight excluding hydrogens is 344 g/mol. The van der Waals surface area contributed by atoms with Gasteiger partial charge in [0.2, 0.25) is 11.9 Å². The van der Waals surface area contributed by atoms with Crippen molar-refractivity contribution in [1.29, 1.82) is 0 Å². The maximum atomic E-state index is 12.1. The number of primary amides is 1. The van der Waals surface area contributed by atoms with Crippen LogP contribution in [0.3, 0.4) is 0 Å². The lowest BCUT2D eigenvalue weighted by molar-refractivity contribution is -0.115. The van der Waals surface area contributed by atoms with Crippen molar-refractivity contribution in [3.8, 4) is 17.1 Å². The van der Waals surface area contributed by atoms with E-state index in [2.05, 4.69) is 20.4 Å². The Bertz CT molecular complexity index is 1020. The molecule has 1 aromatic carbocycles. The third kappa shape index (κ3) is 2.91. The van der Waals surface area contributed by atoms with Crippen LogP contribution in [0, 0.1) is 0 Å². The molecule has 0 fully saturated rings. The highest BCUT2D eigenvalue weighted by molar-refractivity contribution is 5.95. The van der Waals surface area contributed by atoms with Gasteiger partial charge in [0.15, 0.2) is 5.82 Å². The molecule has 27 heavy (non-hydrogen) atoms. The van der Waals surface area contributed by atoms with Gasteiger partial charge in [-0.1, -0.05) is 6.07 Å². The molecular formula is C19H18N6O2. The van der Waals surface area contributed by atoms with Crippen LogP contribution < -0.4 is 15.8 Å². The number of hydrogen-bond donors (Lipinski definition) is 2. The second-order valence-corrected chi connectivity index (χ2v) is 6.15. The minimum atomic E-state index is -0.513. The number of allylic oxidation sites excluding steroid dienone is 1. The SMILES string of the molecule is COc1ccc(-c2nc3n(n2)[C@H](c2cccnc2)C(C(N)=O)=C(C)N3)cc1. The number of aromatic nitrogens is 4. The predicted molar refractivity (Wildman–Crippen MR) is 99.9 cm³/mol. The van der Waals surface area contributed by atoms with Crippen molar-refractivity contribution in [1.82, 2.24) is 19.7 Å². The molecule has 3 aromatic rings. The second kappa shape index (κ2) is 6.56. The van der Waals surface area contributed by atoms with Crippen molar-refractivity contribution < 1.29 is 9.53 Å². The lowest BCUT2D eigenvalue weighted by Gasteiger charge is -2.27. The molecule has 1 atom stereocenters. The lowest BCUT2D eigenvalue weighted by atomic mass is 9.97. The van der Waals surface area contributed by atoms with E-state index in [0.29, 0.717) is 23.0 Å². The van der Waals surface area contributed by atoms with Crippen LogP contribution in [-0.2, 0) is 4.79 Å². The number of carbonyl (C=O) groups excluding carboxylic acids is 1. The second-order valence-electron chi connectivity index (χ2n) is 6.15. The molecule has 3 heterocycles. The van der Waals surface area contributed by atoms with Gasteiger partial charge in [-0.15, -0.1) is 5.10 Å². The quantitative estimate of drug-likeness (QED) is 0.736. The molecule has 1 amide bonds. The summed E-state index contributed by atoms with van der Waals surface area (Å²) < 4.78 is 6.86. The van der Waals surface area contributed by atoms with Gasteiger partial charge in [-0.3, -0.25) is 9.78 Å². The molecule has 8 nitrogen and oxygen atoms in total. The van der Waals surface area contributed by atoms with Crippen LogP contribution in [0.25, 0.3) is 11.4 Å². The molecule has 2 aromatic heterocycles. The molecule has 8 heteroatoms. The molecule has 0 unspecified atom stereocenters. The predicted octanol–water partition coefficient (Wildman–Crippen LogP) is 2.12. The first-order valence-corrected chi connectivity index (χ1v) is 8.37. The fourth-order valence-corrected chi connectivity index (χ4v) is 3.18. The van der Waals surface area contributed by atoms with E-state index < -0.39 is 11.9 Å². The Morgan fingerprint density at radius 2 is 2.04 bits per heavy atom. The van der Waals surface area contributed by atoms with Crippen molar-refractivity contribution in [3.63, 3.8) is 0 Å². The van der Waals surface area contributed by atoms with Gasteiger partial charge < -0.3 is 15.8 Å². The number of amides is 1. The van der Waals surface area contributed by atoms with Crippen molar-refractivity contribution in [3.05, 3.63) is 65.6 Å². The summed E-state index contributed by atoms with van der Waals surface area (Å²) in [4.78, 5) is 20.9. The van der Waals surface area contributed by atoms with Crippen LogP contribution in [0.5, 0.6) is 5.75 Å². The van der Waals surface area contributed by atoms with E-state index in [1.165, 1.54) is 0 Å². The minimum Gasteiger partial charge on any atom is -0.497 e. The van der Waals surface area contributed by atoms with Gasteiger partial charge in [0.05, 0.1) is 12.7 Å². The Balaban J connectivity index is 1.83. The maximum absolute atomic E-state index is 12.1. The van der Waals surface area contributed by atoms with E-state index in [0.717, 1.165) is 16.9 Å². The topological polar surface area (TPSA) is 108 Å². The Hall–Kier alpha value is -3.68. The Labute approximate surface area is 155 Å². The number of anilines is 1. The fourth-order valence-electron chi connectivity index (χ4n) is 3.18. The molecule has 136 valence electrons. The molecule has 1 aliphatic rings. The number of rotatable bonds is 4. The van der Waals surface area contributed by atoms with Crippen LogP contribution in [0.2, 0.25) is 0 Å². The highest BCUT2D eigenvalue weighted by atomic mass is 16.5. The third-order valence-corrected chi connectivity index (χ3v) is 4.47. The van der Waals surface area contributed by atoms with Crippen LogP contribution in [0.15, 0.2) is 60.1 Å². The number of hydrogen-bond acceptors (Lipinski definition) is 6. The third-order valence-electron chi connectivity index (χ3n) is 4.47. The number of fused-ring (bicyclic) bond motifs is 1. The van der Waals surface area contributed by atoms with Crippen molar-refractivity contribution in [2.24, 2.45) is 5.73 Å². The van der Waals surface area contributed by atoms with Gasteiger partial charge >= 0.3 is 0 Å². The molecule has 4 rings (SSSR count). The number of nitrogens with one attached hydrogen (secondary N) is 1. The largest absolute Gasteiger partial charge is 0.497 e. The Kier molecular flexibility index (Phi) is 4.08. The summed E-state index contributed by atoms with van der Waals surface area (Å²) >= 11 is 0. The summed E-state index contributed by atoms with van der Waals surface area (Å²) in [5, 5.41) is 7.76. The summed E-state index contributed by atoms with van der Waals surface area (Å²) in [5.74, 6) is 1.31. The van der Waals surface area contributed by atoms with Gasteiger partial charge in [0, 0.05) is 23.7 Å². The Morgan fingerprint density at radius 3 is 2.67 bits per heavy atom. The molecule has 0 spiro atoms. The van der Waals surface area contributed by atoms with E-state index in [-0.39, 0.29) is 0 Å². The smallest absolute Gasteiger partial charge is 0.248 e. The zero-order chi connectivity index (χ0) is 19.0. The number of ether oxygens (including phenoxy) is 1. The minimum absolute atomic E-state index is 0.432. The normalized spacial score (nSPS) is 15.9. The molecule has 0 saturated heterocycles. The van der Waals surface area contributed by atoms with Gasteiger partial charge in [-0.2, -0.15) is 4.98 Å².